The molecule has 0 aromatic carbocycles. The third kappa shape index (κ3) is 5.77. The molecule has 0 aromatic heterocycles. The largest absolute Gasteiger partial charge is 0.460 e. The quantitative estimate of drug-likeness (QED) is 0.561. The van der Waals surface area contributed by atoms with Gasteiger partial charge in [-0.1, -0.05) is 46.6 Å². The van der Waals surface area contributed by atoms with Crippen molar-refractivity contribution < 1.29 is 14.3 Å². The first-order chi connectivity index (χ1) is 8.80. The normalized spacial score (nSPS) is 18.9. The van der Waals surface area contributed by atoms with Crippen molar-refractivity contribution in [1.29, 1.82) is 0 Å². The van der Waals surface area contributed by atoms with E-state index < -0.39 is 0 Å². The van der Waals surface area contributed by atoms with Crippen LogP contribution in [0.5, 0.6) is 0 Å². The maximum atomic E-state index is 11.5. The van der Waals surface area contributed by atoms with Gasteiger partial charge in [0.25, 0.3) is 0 Å². The van der Waals surface area contributed by atoms with E-state index in [1.165, 1.54) is 19.3 Å². The van der Waals surface area contributed by atoms with E-state index in [4.69, 9.17) is 9.47 Å². The molecule has 19 heavy (non-hydrogen) atoms. The van der Waals surface area contributed by atoms with Crippen LogP contribution in [0.2, 0.25) is 0 Å². The fourth-order valence-corrected chi connectivity index (χ4v) is 2.20. The zero-order chi connectivity index (χ0) is 14.5. The Labute approximate surface area is 117 Å². The first kappa shape index (κ1) is 16.2. The lowest BCUT2D eigenvalue weighted by molar-refractivity contribution is -0.152. The lowest BCUT2D eigenvalue weighted by Crippen LogP contribution is -2.38. The summed E-state index contributed by atoms with van der Waals surface area (Å²) >= 11 is 0. The van der Waals surface area contributed by atoms with E-state index in [9.17, 15) is 4.79 Å². The van der Waals surface area contributed by atoms with Gasteiger partial charge in [0.2, 0.25) is 0 Å². The first-order valence-electron chi connectivity index (χ1n) is 7.29. The first-order valence-corrected chi connectivity index (χ1v) is 7.29. The number of esters is 1. The van der Waals surface area contributed by atoms with Crippen LogP contribution in [-0.2, 0) is 14.3 Å². The Morgan fingerprint density at radius 2 is 1.84 bits per heavy atom. The highest BCUT2D eigenvalue weighted by Gasteiger charge is 2.30. The molecule has 1 aliphatic rings. The second kappa shape index (κ2) is 7.09. The summed E-state index contributed by atoms with van der Waals surface area (Å²) in [7, 11) is 0. The third-order valence-electron chi connectivity index (χ3n) is 3.59. The van der Waals surface area contributed by atoms with Crippen molar-refractivity contribution in [3.8, 4) is 0 Å². The van der Waals surface area contributed by atoms with Crippen molar-refractivity contribution in [1.82, 2.24) is 0 Å². The molecule has 1 fully saturated rings. The lowest BCUT2D eigenvalue weighted by Gasteiger charge is -2.35. The SMILES string of the molecule is C=C(C)C(=O)OCC(OC1CCCCC1)C(C)(C)C. The van der Waals surface area contributed by atoms with Crippen molar-refractivity contribution in [2.75, 3.05) is 6.61 Å². The molecule has 0 bridgehead atoms. The monoisotopic (exact) mass is 268 g/mol. The molecule has 0 aliphatic heterocycles. The predicted octanol–water partition coefficient (Wildman–Crippen LogP) is 3.87. The van der Waals surface area contributed by atoms with Crippen molar-refractivity contribution in [2.24, 2.45) is 5.41 Å². The molecule has 1 rings (SSSR count). The second-order valence-electron chi connectivity index (χ2n) is 6.63. The molecule has 1 saturated carbocycles. The van der Waals surface area contributed by atoms with E-state index in [0.717, 1.165) is 12.8 Å². The van der Waals surface area contributed by atoms with E-state index in [1.54, 1.807) is 6.92 Å². The molecule has 0 amide bonds. The average Bonchev–Trinajstić information content (AvgIpc) is 2.33. The van der Waals surface area contributed by atoms with Gasteiger partial charge in [0.15, 0.2) is 0 Å². The van der Waals surface area contributed by atoms with Crippen LogP contribution in [-0.4, -0.2) is 24.8 Å². The number of carbonyl (C=O) groups is 1. The van der Waals surface area contributed by atoms with Crippen molar-refractivity contribution in [3.05, 3.63) is 12.2 Å². The molecule has 1 unspecified atom stereocenters. The summed E-state index contributed by atoms with van der Waals surface area (Å²) in [6, 6.07) is 0. The van der Waals surface area contributed by atoms with Crippen LogP contribution in [0, 0.1) is 5.41 Å². The second-order valence-corrected chi connectivity index (χ2v) is 6.63. The average molecular weight is 268 g/mol. The molecular formula is C16H28O3. The van der Waals surface area contributed by atoms with Crippen LogP contribution in [0.1, 0.15) is 59.8 Å². The Bertz CT molecular complexity index is 308. The van der Waals surface area contributed by atoms with Crippen molar-refractivity contribution in [3.63, 3.8) is 0 Å². The van der Waals surface area contributed by atoms with Gasteiger partial charge >= 0.3 is 5.97 Å². The maximum Gasteiger partial charge on any atom is 0.333 e. The Morgan fingerprint density at radius 1 is 1.26 bits per heavy atom. The smallest absolute Gasteiger partial charge is 0.333 e. The van der Waals surface area contributed by atoms with E-state index >= 15 is 0 Å². The van der Waals surface area contributed by atoms with Crippen LogP contribution in [0.25, 0.3) is 0 Å². The number of ether oxygens (including phenoxy) is 2. The minimum atomic E-state index is -0.332. The van der Waals surface area contributed by atoms with Gasteiger partial charge in [0, 0.05) is 5.57 Å². The summed E-state index contributed by atoms with van der Waals surface area (Å²) in [5, 5.41) is 0. The highest BCUT2D eigenvalue weighted by atomic mass is 16.6. The van der Waals surface area contributed by atoms with E-state index in [-0.39, 0.29) is 17.5 Å². The summed E-state index contributed by atoms with van der Waals surface area (Å²) < 4.78 is 11.4. The van der Waals surface area contributed by atoms with Gasteiger partial charge in [0.1, 0.15) is 6.61 Å². The number of hydrogen-bond donors (Lipinski definition) is 0. The Morgan fingerprint density at radius 3 is 2.32 bits per heavy atom. The van der Waals surface area contributed by atoms with Gasteiger partial charge in [-0.15, -0.1) is 0 Å². The molecule has 0 saturated heterocycles. The predicted molar refractivity (Wildman–Crippen MR) is 77.0 cm³/mol. The van der Waals surface area contributed by atoms with E-state index in [2.05, 4.69) is 27.4 Å². The van der Waals surface area contributed by atoms with Gasteiger partial charge in [-0.05, 0) is 25.2 Å². The molecule has 0 radical (unpaired) electrons. The Balaban J connectivity index is 2.52. The molecule has 0 heterocycles. The maximum absolute atomic E-state index is 11.5. The highest BCUT2D eigenvalue weighted by Crippen LogP contribution is 2.28. The summed E-state index contributed by atoms with van der Waals surface area (Å²) in [5.41, 5.74) is 0.401. The van der Waals surface area contributed by atoms with Crippen LogP contribution in [0.4, 0.5) is 0 Å². The molecule has 0 spiro atoms. The van der Waals surface area contributed by atoms with Crippen LogP contribution in [0.15, 0.2) is 12.2 Å². The van der Waals surface area contributed by atoms with E-state index in [1.807, 2.05) is 0 Å². The zero-order valence-electron chi connectivity index (χ0n) is 12.8. The number of rotatable bonds is 5. The van der Waals surface area contributed by atoms with Crippen LogP contribution >= 0.6 is 0 Å². The summed E-state index contributed by atoms with van der Waals surface area (Å²) in [5.74, 6) is -0.332. The molecule has 110 valence electrons. The topological polar surface area (TPSA) is 35.5 Å². The standard InChI is InChI=1S/C16H28O3/c1-12(2)15(17)18-11-14(16(3,4)5)19-13-9-7-6-8-10-13/h13-14H,1,6-11H2,2-5H3. The Hall–Kier alpha value is -0.830. The zero-order valence-corrected chi connectivity index (χ0v) is 12.8. The third-order valence-corrected chi connectivity index (χ3v) is 3.59. The number of hydrogen-bond acceptors (Lipinski definition) is 3. The summed E-state index contributed by atoms with van der Waals surface area (Å²) in [6.45, 7) is 11.9. The van der Waals surface area contributed by atoms with Gasteiger partial charge in [0.05, 0.1) is 12.2 Å². The van der Waals surface area contributed by atoms with Gasteiger partial charge in [-0.25, -0.2) is 4.79 Å². The van der Waals surface area contributed by atoms with Gasteiger partial charge in [-0.3, -0.25) is 0 Å². The van der Waals surface area contributed by atoms with Crippen LogP contribution < -0.4 is 0 Å². The summed E-state index contributed by atoms with van der Waals surface area (Å²) in [4.78, 5) is 11.5. The molecule has 3 heteroatoms. The fourth-order valence-electron chi connectivity index (χ4n) is 2.20. The molecular weight excluding hydrogens is 240 g/mol. The minimum Gasteiger partial charge on any atom is -0.460 e. The molecule has 0 N–H and O–H groups in total. The molecule has 1 aliphatic carbocycles. The van der Waals surface area contributed by atoms with Crippen LogP contribution in [0.3, 0.4) is 0 Å². The van der Waals surface area contributed by atoms with Gasteiger partial charge in [-0.2, -0.15) is 0 Å². The fraction of sp³-hybridized carbons (Fsp3) is 0.812. The van der Waals surface area contributed by atoms with E-state index in [0.29, 0.717) is 18.3 Å². The highest BCUT2D eigenvalue weighted by molar-refractivity contribution is 5.86. The number of carbonyl (C=O) groups excluding carboxylic acids is 1. The van der Waals surface area contributed by atoms with Crippen molar-refractivity contribution >= 4 is 5.97 Å². The Kier molecular flexibility index (Phi) is 6.05. The molecule has 1 atom stereocenters. The minimum absolute atomic E-state index is 0.0349. The molecule has 3 nitrogen and oxygen atoms in total. The van der Waals surface area contributed by atoms with Gasteiger partial charge < -0.3 is 9.47 Å². The summed E-state index contributed by atoms with van der Waals surface area (Å²) in [6.07, 6.45) is 6.31. The molecule has 0 aromatic rings. The lowest BCUT2D eigenvalue weighted by atomic mass is 9.88. The van der Waals surface area contributed by atoms with Crippen molar-refractivity contribution in [2.45, 2.75) is 72.0 Å².